The normalized spacial score (nSPS) is 11.0. The van der Waals surface area contributed by atoms with Crippen molar-refractivity contribution in [3.63, 3.8) is 0 Å². The van der Waals surface area contributed by atoms with Crippen LogP contribution in [0.2, 0.25) is 0 Å². The second-order valence-corrected chi connectivity index (χ2v) is 7.84. The minimum Gasteiger partial charge on any atom is -0.467 e. The number of carbonyl (C=O) groups is 2. The SMILES string of the molecule is Cc1cc(C)n(-c2ccc(C(=O)OCC(=O)c3cc(C)n(Cc4ccco4)c3C)cc2)n1. The molecule has 0 spiro atoms. The summed E-state index contributed by atoms with van der Waals surface area (Å²) in [6, 6.07) is 14.5. The molecule has 0 bridgehead atoms. The van der Waals surface area contributed by atoms with Gasteiger partial charge < -0.3 is 13.7 Å². The molecule has 0 saturated carbocycles. The van der Waals surface area contributed by atoms with E-state index in [1.807, 2.05) is 61.2 Å². The molecule has 7 nitrogen and oxygen atoms in total. The highest BCUT2D eigenvalue weighted by Gasteiger charge is 2.18. The van der Waals surface area contributed by atoms with Gasteiger partial charge in [0.25, 0.3) is 0 Å². The van der Waals surface area contributed by atoms with Crippen LogP contribution in [0.15, 0.2) is 59.2 Å². The predicted molar refractivity (Wildman–Crippen MR) is 119 cm³/mol. The fourth-order valence-electron chi connectivity index (χ4n) is 3.81. The third-order valence-electron chi connectivity index (χ3n) is 5.46. The molecule has 0 radical (unpaired) electrons. The van der Waals surface area contributed by atoms with Gasteiger partial charge in [-0.05, 0) is 76.2 Å². The Balaban J connectivity index is 1.41. The maximum atomic E-state index is 12.7. The number of hydrogen-bond acceptors (Lipinski definition) is 5. The Bertz CT molecular complexity index is 1260. The van der Waals surface area contributed by atoms with Gasteiger partial charge >= 0.3 is 5.97 Å². The molecule has 3 aromatic heterocycles. The molecule has 0 aliphatic rings. The first-order valence-corrected chi connectivity index (χ1v) is 10.4. The number of ether oxygens (including phenoxy) is 1. The zero-order valence-electron chi connectivity index (χ0n) is 18.6. The van der Waals surface area contributed by atoms with E-state index in [2.05, 4.69) is 5.10 Å². The molecule has 4 aromatic rings. The van der Waals surface area contributed by atoms with Crippen molar-refractivity contribution in [3.8, 4) is 5.69 Å². The summed E-state index contributed by atoms with van der Waals surface area (Å²) in [6.45, 7) is 7.94. The second kappa shape index (κ2) is 8.70. The molecule has 4 rings (SSSR count). The van der Waals surface area contributed by atoms with Gasteiger partial charge in [-0.1, -0.05) is 0 Å². The molecule has 0 unspecified atom stereocenters. The van der Waals surface area contributed by atoms with Crippen LogP contribution in [0, 0.1) is 27.7 Å². The monoisotopic (exact) mass is 431 g/mol. The zero-order chi connectivity index (χ0) is 22.8. The largest absolute Gasteiger partial charge is 0.467 e. The van der Waals surface area contributed by atoms with E-state index in [1.165, 1.54) is 0 Å². The fourth-order valence-corrected chi connectivity index (χ4v) is 3.81. The number of esters is 1. The number of hydrogen-bond donors (Lipinski definition) is 0. The van der Waals surface area contributed by atoms with Crippen LogP contribution in [0.4, 0.5) is 0 Å². The number of Topliss-reactive ketones (excluding diaryl/α,β-unsaturated/α-hetero) is 1. The van der Waals surface area contributed by atoms with E-state index < -0.39 is 5.97 Å². The van der Waals surface area contributed by atoms with E-state index in [-0.39, 0.29) is 12.4 Å². The van der Waals surface area contributed by atoms with Crippen molar-refractivity contribution in [2.75, 3.05) is 6.61 Å². The van der Waals surface area contributed by atoms with Crippen molar-refractivity contribution in [1.29, 1.82) is 0 Å². The molecule has 0 N–H and O–H groups in total. The third-order valence-corrected chi connectivity index (χ3v) is 5.46. The van der Waals surface area contributed by atoms with Gasteiger partial charge in [0.1, 0.15) is 5.76 Å². The summed E-state index contributed by atoms with van der Waals surface area (Å²) in [7, 11) is 0. The number of carbonyl (C=O) groups excluding carboxylic acids is 2. The average Bonchev–Trinajstić information content (AvgIpc) is 3.48. The second-order valence-electron chi connectivity index (χ2n) is 7.84. The van der Waals surface area contributed by atoms with Crippen molar-refractivity contribution in [2.45, 2.75) is 34.2 Å². The van der Waals surface area contributed by atoms with Crippen LogP contribution in [0.25, 0.3) is 5.69 Å². The van der Waals surface area contributed by atoms with Crippen molar-refractivity contribution in [1.82, 2.24) is 14.3 Å². The standard InChI is InChI=1S/C25H25N3O4/c1-16-12-18(3)28(26-16)21-9-7-20(8-10-21)25(30)32-15-24(29)23-13-17(2)27(19(23)4)14-22-6-5-11-31-22/h5-13H,14-15H2,1-4H3. The Morgan fingerprint density at radius 2 is 1.75 bits per heavy atom. The summed E-state index contributed by atoms with van der Waals surface area (Å²) in [5.74, 6) is 0.0280. The van der Waals surface area contributed by atoms with Gasteiger partial charge in [-0.2, -0.15) is 5.10 Å². The van der Waals surface area contributed by atoms with Crippen molar-refractivity contribution in [2.24, 2.45) is 0 Å². The molecule has 0 aliphatic carbocycles. The summed E-state index contributed by atoms with van der Waals surface area (Å²) >= 11 is 0. The minimum absolute atomic E-state index is 0.239. The van der Waals surface area contributed by atoms with Crippen LogP contribution in [-0.4, -0.2) is 32.7 Å². The van der Waals surface area contributed by atoms with Crippen LogP contribution in [0.1, 0.15) is 49.3 Å². The van der Waals surface area contributed by atoms with Gasteiger partial charge in [0.15, 0.2) is 6.61 Å². The van der Waals surface area contributed by atoms with Crippen LogP contribution >= 0.6 is 0 Å². The van der Waals surface area contributed by atoms with Crippen LogP contribution < -0.4 is 0 Å². The number of ketones is 1. The van der Waals surface area contributed by atoms with Gasteiger partial charge in [-0.25, -0.2) is 9.48 Å². The number of aryl methyl sites for hydroxylation is 3. The van der Waals surface area contributed by atoms with Gasteiger partial charge in [0.05, 0.1) is 29.8 Å². The van der Waals surface area contributed by atoms with Gasteiger partial charge in [-0.15, -0.1) is 0 Å². The van der Waals surface area contributed by atoms with Crippen molar-refractivity contribution in [3.05, 3.63) is 94.5 Å². The summed E-state index contributed by atoms with van der Waals surface area (Å²) in [6.07, 6.45) is 1.62. The molecule has 0 aliphatic heterocycles. The fraction of sp³-hybridized carbons (Fsp3) is 0.240. The number of rotatable bonds is 7. The lowest BCUT2D eigenvalue weighted by atomic mass is 10.1. The Labute approximate surface area is 186 Å². The van der Waals surface area contributed by atoms with E-state index in [1.54, 1.807) is 30.5 Å². The number of nitrogens with zero attached hydrogens (tertiary/aromatic N) is 3. The molecule has 1 aromatic carbocycles. The molecule has 164 valence electrons. The molecular formula is C25H25N3O4. The highest BCUT2D eigenvalue weighted by atomic mass is 16.5. The first-order chi connectivity index (χ1) is 15.3. The van der Waals surface area contributed by atoms with Crippen molar-refractivity contribution >= 4 is 11.8 Å². The highest BCUT2D eigenvalue weighted by Crippen LogP contribution is 2.19. The van der Waals surface area contributed by atoms with Crippen LogP contribution in [0.3, 0.4) is 0 Å². The Kier molecular flexibility index (Phi) is 5.81. The summed E-state index contributed by atoms with van der Waals surface area (Å²) in [5, 5.41) is 4.44. The predicted octanol–water partition coefficient (Wildman–Crippen LogP) is 4.59. The zero-order valence-corrected chi connectivity index (χ0v) is 18.6. The molecular weight excluding hydrogens is 406 g/mol. The van der Waals surface area contributed by atoms with E-state index in [0.717, 1.165) is 34.2 Å². The molecule has 0 amide bonds. The number of aromatic nitrogens is 3. The lowest BCUT2D eigenvalue weighted by Gasteiger charge is -2.08. The van der Waals surface area contributed by atoms with E-state index in [4.69, 9.17) is 9.15 Å². The van der Waals surface area contributed by atoms with E-state index in [9.17, 15) is 9.59 Å². The minimum atomic E-state index is -0.539. The quantitative estimate of drug-likeness (QED) is 0.316. The highest BCUT2D eigenvalue weighted by molar-refractivity contribution is 6.00. The maximum Gasteiger partial charge on any atom is 0.338 e. The Morgan fingerprint density at radius 1 is 1.00 bits per heavy atom. The molecule has 7 heteroatoms. The van der Waals surface area contributed by atoms with Gasteiger partial charge in [-0.3, -0.25) is 4.79 Å². The molecule has 0 saturated heterocycles. The molecule has 0 atom stereocenters. The lowest BCUT2D eigenvalue weighted by molar-refractivity contribution is 0.0474. The first-order valence-electron chi connectivity index (χ1n) is 10.4. The van der Waals surface area contributed by atoms with Crippen LogP contribution in [0.5, 0.6) is 0 Å². The third kappa shape index (κ3) is 4.27. The Morgan fingerprint density at radius 3 is 2.38 bits per heavy atom. The lowest BCUT2D eigenvalue weighted by Crippen LogP contribution is -2.15. The molecule has 3 heterocycles. The first kappa shape index (κ1) is 21.4. The Hall–Kier alpha value is -3.87. The van der Waals surface area contributed by atoms with Crippen LogP contribution in [-0.2, 0) is 11.3 Å². The summed E-state index contributed by atoms with van der Waals surface area (Å²) in [4.78, 5) is 25.2. The molecule has 0 fully saturated rings. The number of benzene rings is 1. The smallest absolute Gasteiger partial charge is 0.338 e. The van der Waals surface area contributed by atoms with Crippen molar-refractivity contribution < 1.29 is 18.7 Å². The summed E-state index contributed by atoms with van der Waals surface area (Å²) < 4.78 is 14.5. The maximum absolute atomic E-state index is 12.7. The number of furan rings is 1. The van der Waals surface area contributed by atoms with E-state index in [0.29, 0.717) is 17.7 Å². The topological polar surface area (TPSA) is 79.3 Å². The molecule has 32 heavy (non-hydrogen) atoms. The summed E-state index contributed by atoms with van der Waals surface area (Å²) in [5.41, 5.74) is 5.46. The van der Waals surface area contributed by atoms with E-state index >= 15 is 0 Å². The average molecular weight is 431 g/mol. The van der Waals surface area contributed by atoms with Gasteiger partial charge in [0, 0.05) is 22.6 Å². The van der Waals surface area contributed by atoms with Gasteiger partial charge in [0.2, 0.25) is 5.78 Å².